The number of benzene rings is 1. The summed E-state index contributed by atoms with van der Waals surface area (Å²) in [4.78, 5) is 22.4. The molecule has 2 rings (SSSR count). The van der Waals surface area contributed by atoms with Crippen molar-refractivity contribution in [2.75, 3.05) is 6.61 Å². The number of hydrogen-bond acceptors (Lipinski definition) is 4. The van der Waals surface area contributed by atoms with E-state index in [1.54, 1.807) is 42.9 Å². The highest BCUT2D eigenvalue weighted by molar-refractivity contribution is 5.97. The third-order valence-electron chi connectivity index (χ3n) is 3.20. The van der Waals surface area contributed by atoms with Crippen LogP contribution in [-0.4, -0.2) is 21.9 Å². The van der Waals surface area contributed by atoms with Gasteiger partial charge in [-0.3, -0.25) is 14.9 Å². The third kappa shape index (κ3) is 3.28. The molecule has 0 bridgehead atoms. The van der Waals surface area contributed by atoms with Crippen LogP contribution in [0, 0.1) is 24.0 Å². The van der Waals surface area contributed by atoms with Crippen molar-refractivity contribution in [1.82, 2.24) is 4.57 Å². The Morgan fingerprint density at radius 2 is 2.05 bits per heavy atom. The second-order valence-electron chi connectivity index (χ2n) is 4.94. The monoisotopic (exact) mass is 288 g/mol. The van der Waals surface area contributed by atoms with Gasteiger partial charge in [-0.25, -0.2) is 0 Å². The number of nitrogens with zero attached hydrogens (tertiary/aromatic N) is 2. The second kappa shape index (κ2) is 5.78. The van der Waals surface area contributed by atoms with Gasteiger partial charge in [0.15, 0.2) is 6.61 Å². The van der Waals surface area contributed by atoms with Crippen molar-refractivity contribution >= 4 is 11.5 Å². The molecular weight excluding hydrogens is 272 g/mol. The van der Waals surface area contributed by atoms with Crippen molar-refractivity contribution in [3.05, 3.63) is 57.4 Å². The lowest BCUT2D eigenvalue weighted by Gasteiger charge is -2.09. The van der Waals surface area contributed by atoms with E-state index in [1.807, 2.05) is 7.05 Å². The number of aryl methyl sites for hydroxylation is 3. The van der Waals surface area contributed by atoms with Crippen molar-refractivity contribution in [2.24, 2.45) is 7.05 Å². The maximum atomic E-state index is 12.0. The lowest BCUT2D eigenvalue weighted by molar-refractivity contribution is -0.385. The zero-order valence-corrected chi connectivity index (χ0v) is 12.1. The first-order valence-electron chi connectivity index (χ1n) is 6.42. The number of aromatic nitrogens is 1. The van der Waals surface area contributed by atoms with Gasteiger partial charge in [0.25, 0.3) is 5.69 Å². The van der Waals surface area contributed by atoms with Crippen LogP contribution in [0.4, 0.5) is 5.69 Å². The van der Waals surface area contributed by atoms with Crippen LogP contribution in [0.2, 0.25) is 0 Å². The summed E-state index contributed by atoms with van der Waals surface area (Å²) in [6, 6.07) is 4.75. The number of nitro benzene ring substituents is 1. The van der Waals surface area contributed by atoms with Crippen LogP contribution in [-0.2, 0) is 7.05 Å². The van der Waals surface area contributed by atoms with Crippen LogP contribution in [0.1, 0.15) is 21.5 Å². The molecule has 0 N–H and O–H groups in total. The molecule has 0 aliphatic rings. The van der Waals surface area contributed by atoms with Gasteiger partial charge in [0, 0.05) is 30.6 Å². The summed E-state index contributed by atoms with van der Waals surface area (Å²) in [7, 11) is 1.82. The zero-order chi connectivity index (χ0) is 15.6. The van der Waals surface area contributed by atoms with Gasteiger partial charge in [-0.1, -0.05) is 0 Å². The average Bonchev–Trinajstić information content (AvgIpc) is 2.83. The fourth-order valence-corrected chi connectivity index (χ4v) is 2.07. The molecule has 0 aliphatic heterocycles. The average molecular weight is 288 g/mol. The van der Waals surface area contributed by atoms with Crippen LogP contribution < -0.4 is 4.74 Å². The Morgan fingerprint density at radius 3 is 2.62 bits per heavy atom. The van der Waals surface area contributed by atoms with E-state index in [1.165, 1.54) is 6.07 Å². The molecule has 0 spiro atoms. The quantitative estimate of drug-likeness (QED) is 0.481. The summed E-state index contributed by atoms with van der Waals surface area (Å²) in [5.74, 6) is 0.190. The van der Waals surface area contributed by atoms with E-state index in [-0.39, 0.29) is 18.1 Å². The Morgan fingerprint density at radius 1 is 1.33 bits per heavy atom. The summed E-state index contributed by atoms with van der Waals surface area (Å²) in [6.45, 7) is 3.31. The van der Waals surface area contributed by atoms with Crippen molar-refractivity contribution < 1.29 is 14.5 Å². The molecule has 6 heteroatoms. The summed E-state index contributed by atoms with van der Waals surface area (Å²) < 4.78 is 7.22. The molecule has 0 amide bonds. The summed E-state index contributed by atoms with van der Waals surface area (Å²) in [5, 5.41) is 10.9. The number of nitro groups is 1. The largest absolute Gasteiger partial charge is 0.485 e. The summed E-state index contributed by atoms with van der Waals surface area (Å²) in [6.07, 6.45) is 3.48. The Hall–Kier alpha value is -2.63. The molecule has 21 heavy (non-hydrogen) atoms. The number of carbonyl (C=O) groups is 1. The van der Waals surface area contributed by atoms with Gasteiger partial charge in [-0.15, -0.1) is 0 Å². The topological polar surface area (TPSA) is 74.4 Å². The van der Waals surface area contributed by atoms with E-state index in [9.17, 15) is 14.9 Å². The Labute approximate surface area is 122 Å². The van der Waals surface area contributed by atoms with Gasteiger partial charge in [-0.05, 0) is 31.5 Å². The molecule has 0 radical (unpaired) electrons. The van der Waals surface area contributed by atoms with Crippen molar-refractivity contribution in [3.63, 3.8) is 0 Å². The molecule has 0 atom stereocenters. The van der Waals surface area contributed by atoms with Crippen LogP contribution in [0.15, 0.2) is 30.6 Å². The molecule has 6 nitrogen and oxygen atoms in total. The first kappa shape index (κ1) is 14.8. The fraction of sp³-hybridized carbons (Fsp3) is 0.267. The van der Waals surface area contributed by atoms with Crippen molar-refractivity contribution in [1.29, 1.82) is 0 Å². The van der Waals surface area contributed by atoms with Gasteiger partial charge in [0.1, 0.15) is 5.75 Å². The molecule has 1 heterocycles. The molecule has 110 valence electrons. The highest BCUT2D eigenvalue weighted by atomic mass is 16.6. The normalized spacial score (nSPS) is 10.4. The first-order valence-corrected chi connectivity index (χ1v) is 6.42. The minimum atomic E-state index is -0.458. The zero-order valence-electron chi connectivity index (χ0n) is 12.1. The van der Waals surface area contributed by atoms with Crippen LogP contribution in [0.5, 0.6) is 5.75 Å². The lowest BCUT2D eigenvalue weighted by atomic mass is 10.1. The van der Waals surface area contributed by atoms with Gasteiger partial charge in [0.05, 0.1) is 11.0 Å². The molecule has 2 aromatic rings. The van der Waals surface area contributed by atoms with Crippen molar-refractivity contribution in [2.45, 2.75) is 13.8 Å². The number of ketones is 1. The number of Topliss-reactive ketones (excluding diaryl/α,β-unsaturated/α-hetero) is 1. The molecule has 0 saturated heterocycles. The Kier molecular flexibility index (Phi) is 4.07. The van der Waals surface area contributed by atoms with Crippen molar-refractivity contribution in [3.8, 4) is 5.75 Å². The second-order valence-corrected chi connectivity index (χ2v) is 4.94. The minimum Gasteiger partial charge on any atom is -0.485 e. The molecule has 0 unspecified atom stereocenters. The predicted octanol–water partition coefficient (Wildman–Crippen LogP) is 2.81. The first-order chi connectivity index (χ1) is 9.88. The standard InChI is InChI=1S/C15H16N2O4/c1-10-6-11(2)15(7-13(10)17(19)20)21-9-14(18)12-4-5-16(3)8-12/h4-8H,9H2,1-3H3. The SMILES string of the molecule is Cc1cc(C)c([N+](=O)[O-])cc1OCC(=O)c1ccn(C)c1. The van der Waals surface area contributed by atoms with Crippen LogP contribution in [0.3, 0.4) is 0 Å². The van der Waals surface area contributed by atoms with Crippen LogP contribution >= 0.6 is 0 Å². The molecule has 1 aromatic carbocycles. The smallest absolute Gasteiger partial charge is 0.276 e. The van der Waals surface area contributed by atoms with E-state index in [2.05, 4.69) is 0 Å². The molecule has 0 saturated carbocycles. The molecule has 0 fully saturated rings. The van der Waals surface area contributed by atoms with E-state index in [0.717, 1.165) is 5.56 Å². The fourth-order valence-electron chi connectivity index (χ4n) is 2.07. The van der Waals surface area contributed by atoms with Gasteiger partial charge in [0.2, 0.25) is 5.78 Å². The van der Waals surface area contributed by atoms with E-state index in [0.29, 0.717) is 16.9 Å². The lowest BCUT2D eigenvalue weighted by Crippen LogP contribution is -2.11. The number of hydrogen-bond donors (Lipinski definition) is 0. The predicted molar refractivity (Wildman–Crippen MR) is 77.8 cm³/mol. The maximum Gasteiger partial charge on any atom is 0.276 e. The minimum absolute atomic E-state index is 0.0113. The summed E-state index contributed by atoms with van der Waals surface area (Å²) >= 11 is 0. The van der Waals surface area contributed by atoms with Gasteiger partial charge in [-0.2, -0.15) is 0 Å². The molecule has 1 aromatic heterocycles. The number of carbonyl (C=O) groups excluding carboxylic acids is 1. The Balaban J connectivity index is 2.14. The van der Waals surface area contributed by atoms with Gasteiger partial charge < -0.3 is 9.30 Å². The van der Waals surface area contributed by atoms with E-state index in [4.69, 9.17) is 4.74 Å². The van der Waals surface area contributed by atoms with E-state index >= 15 is 0 Å². The van der Waals surface area contributed by atoms with E-state index < -0.39 is 4.92 Å². The Bertz CT molecular complexity index is 704. The summed E-state index contributed by atoms with van der Waals surface area (Å²) in [5.41, 5.74) is 1.87. The number of rotatable bonds is 5. The van der Waals surface area contributed by atoms with Gasteiger partial charge >= 0.3 is 0 Å². The van der Waals surface area contributed by atoms with Crippen LogP contribution in [0.25, 0.3) is 0 Å². The highest BCUT2D eigenvalue weighted by Crippen LogP contribution is 2.28. The third-order valence-corrected chi connectivity index (χ3v) is 3.20. The highest BCUT2D eigenvalue weighted by Gasteiger charge is 2.16. The number of ether oxygens (including phenoxy) is 1. The molecular formula is C15H16N2O4. The molecule has 0 aliphatic carbocycles. The maximum absolute atomic E-state index is 12.0.